The van der Waals surface area contributed by atoms with Gasteiger partial charge in [0, 0.05) is 5.69 Å². The maximum atomic E-state index is 13.8. The largest absolute Gasteiger partial charge is 0.310 e. The van der Waals surface area contributed by atoms with E-state index in [0.717, 1.165) is 11.8 Å². The van der Waals surface area contributed by atoms with Crippen molar-refractivity contribution in [2.75, 3.05) is 11.1 Å². The fourth-order valence-corrected chi connectivity index (χ4v) is 4.03. The van der Waals surface area contributed by atoms with E-state index in [4.69, 9.17) is 0 Å². The Bertz CT molecular complexity index is 1390. The number of anilines is 1. The minimum absolute atomic E-state index is 0.0764. The molecule has 166 valence electrons. The first-order valence-corrected chi connectivity index (χ1v) is 10.7. The van der Waals surface area contributed by atoms with Gasteiger partial charge in [-0.15, -0.1) is 5.10 Å². The zero-order chi connectivity index (χ0) is 23.5. The third-order valence-electron chi connectivity index (χ3n) is 4.98. The van der Waals surface area contributed by atoms with Crippen LogP contribution in [0.5, 0.6) is 0 Å². The van der Waals surface area contributed by atoms with Gasteiger partial charge >= 0.3 is 0 Å². The minimum atomic E-state index is -0.440. The maximum Gasteiger partial charge on any atom is 0.236 e. The fourth-order valence-electron chi connectivity index (χ4n) is 3.34. The lowest BCUT2D eigenvalue weighted by Gasteiger charge is -2.13. The monoisotopic (exact) mass is 465 g/mol. The van der Waals surface area contributed by atoms with Crippen molar-refractivity contribution in [3.05, 3.63) is 77.0 Å². The van der Waals surface area contributed by atoms with E-state index >= 15 is 0 Å². The highest BCUT2D eigenvalue weighted by molar-refractivity contribution is 7.99. The Kier molecular flexibility index (Phi) is 6.19. The van der Waals surface area contributed by atoms with E-state index in [1.165, 1.54) is 35.0 Å². The minimum Gasteiger partial charge on any atom is -0.310 e. The van der Waals surface area contributed by atoms with E-state index in [9.17, 15) is 18.8 Å². The molecule has 2 aromatic heterocycles. The first-order valence-electron chi connectivity index (χ1n) is 9.74. The second-order valence-corrected chi connectivity index (χ2v) is 7.99. The van der Waals surface area contributed by atoms with E-state index in [1.54, 1.807) is 36.6 Å². The lowest BCUT2D eigenvalue weighted by Crippen LogP contribution is -2.18. The number of carbonyl (C=O) groups excluding carboxylic acids is 1. The molecule has 33 heavy (non-hydrogen) atoms. The van der Waals surface area contributed by atoms with E-state index in [-0.39, 0.29) is 11.6 Å². The smallest absolute Gasteiger partial charge is 0.236 e. The van der Waals surface area contributed by atoms with Crippen molar-refractivity contribution in [2.45, 2.75) is 19.0 Å². The molecular formula is C22H17F2N7OS. The number of amides is 1. The first kappa shape index (κ1) is 22.2. The summed E-state index contributed by atoms with van der Waals surface area (Å²) in [5.41, 5.74) is 2.57. The number of thioether (sulfide) groups is 1. The van der Waals surface area contributed by atoms with Crippen molar-refractivity contribution in [2.24, 2.45) is 0 Å². The predicted octanol–water partition coefficient (Wildman–Crippen LogP) is 3.95. The maximum absolute atomic E-state index is 13.8. The Balaban J connectivity index is 1.58. The molecule has 0 fully saturated rings. The molecule has 1 N–H and O–H groups in total. The Morgan fingerprint density at radius 2 is 1.79 bits per heavy atom. The van der Waals surface area contributed by atoms with Crippen LogP contribution in [0, 0.1) is 36.8 Å². The molecule has 0 radical (unpaired) electrons. The molecule has 4 rings (SSSR count). The molecule has 0 spiro atoms. The SMILES string of the molecule is Cc1c(C#N)c(NC(=O)CSc2nnnn2-c2cccc(F)c2)n(-c2cccc(F)c2)c1C. The molecule has 0 aliphatic carbocycles. The lowest BCUT2D eigenvalue weighted by atomic mass is 10.2. The molecule has 0 aliphatic heterocycles. The quantitative estimate of drug-likeness (QED) is 0.433. The summed E-state index contributed by atoms with van der Waals surface area (Å²) in [6.07, 6.45) is 0. The standard InChI is InChI=1S/C22H17F2N7OS/c1-13-14(2)30(17-7-3-5-15(23)9-17)21(19(13)11-25)26-20(32)12-33-22-27-28-29-31(22)18-8-4-6-16(24)10-18/h3-10H,12H2,1-2H3,(H,26,32). The Labute approximate surface area is 191 Å². The van der Waals surface area contributed by atoms with Gasteiger partial charge in [-0.3, -0.25) is 9.36 Å². The number of nitriles is 1. The molecule has 1 amide bonds. The number of benzene rings is 2. The average Bonchev–Trinajstić information content (AvgIpc) is 3.35. The zero-order valence-electron chi connectivity index (χ0n) is 17.6. The van der Waals surface area contributed by atoms with Crippen LogP contribution in [-0.2, 0) is 4.79 Å². The molecule has 0 atom stereocenters. The number of rotatable bonds is 6. The van der Waals surface area contributed by atoms with Crippen LogP contribution < -0.4 is 5.32 Å². The summed E-state index contributed by atoms with van der Waals surface area (Å²) in [6.45, 7) is 3.56. The number of tetrazole rings is 1. The number of halogens is 2. The number of carbonyl (C=O) groups is 1. The summed E-state index contributed by atoms with van der Waals surface area (Å²) >= 11 is 1.05. The van der Waals surface area contributed by atoms with Gasteiger partial charge in [-0.2, -0.15) is 9.94 Å². The van der Waals surface area contributed by atoms with E-state index in [2.05, 4.69) is 26.9 Å². The topological polar surface area (TPSA) is 101 Å². The average molecular weight is 465 g/mol. The number of nitrogens with zero attached hydrogens (tertiary/aromatic N) is 6. The number of hydrogen-bond acceptors (Lipinski definition) is 6. The molecule has 0 bridgehead atoms. The van der Waals surface area contributed by atoms with Gasteiger partial charge in [-0.1, -0.05) is 23.9 Å². The highest BCUT2D eigenvalue weighted by Gasteiger charge is 2.21. The Morgan fingerprint density at radius 1 is 1.12 bits per heavy atom. The summed E-state index contributed by atoms with van der Waals surface area (Å²) < 4.78 is 30.3. The van der Waals surface area contributed by atoms with Crippen molar-refractivity contribution < 1.29 is 13.6 Å². The number of aromatic nitrogens is 5. The van der Waals surface area contributed by atoms with Crippen molar-refractivity contribution in [1.29, 1.82) is 5.26 Å². The molecule has 4 aromatic rings. The first-order chi connectivity index (χ1) is 15.9. The second kappa shape index (κ2) is 9.22. The van der Waals surface area contributed by atoms with E-state index in [1.807, 2.05) is 0 Å². The lowest BCUT2D eigenvalue weighted by molar-refractivity contribution is -0.113. The fraction of sp³-hybridized carbons (Fsp3) is 0.136. The Morgan fingerprint density at radius 3 is 2.45 bits per heavy atom. The Hall–Kier alpha value is -4.04. The van der Waals surface area contributed by atoms with Crippen LogP contribution in [0.1, 0.15) is 16.8 Å². The van der Waals surface area contributed by atoms with Gasteiger partial charge < -0.3 is 5.32 Å². The number of nitrogens with one attached hydrogen (secondary N) is 1. The van der Waals surface area contributed by atoms with Crippen molar-refractivity contribution in [1.82, 2.24) is 24.8 Å². The van der Waals surface area contributed by atoms with Gasteiger partial charge in [0.25, 0.3) is 0 Å². The molecule has 0 saturated carbocycles. The summed E-state index contributed by atoms with van der Waals surface area (Å²) in [4.78, 5) is 12.8. The molecule has 0 saturated heterocycles. The molecular weight excluding hydrogens is 448 g/mol. The van der Waals surface area contributed by atoms with Crippen LogP contribution in [0.3, 0.4) is 0 Å². The zero-order valence-corrected chi connectivity index (χ0v) is 18.4. The summed E-state index contributed by atoms with van der Waals surface area (Å²) in [6, 6.07) is 13.7. The van der Waals surface area contributed by atoms with Crippen LogP contribution in [0.4, 0.5) is 14.6 Å². The third-order valence-corrected chi connectivity index (χ3v) is 5.89. The van der Waals surface area contributed by atoms with E-state index < -0.39 is 17.5 Å². The second-order valence-electron chi connectivity index (χ2n) is 7.05. The molecule has 0 aliphatic rings. The molecule has 11 heteroatoms. The van der Waals surface area contributed by atoms with Gasteiger partial charge in [0.05, 0.1) is 22.7 Å². The van der Waals surface area contributed by atoms with Gasteiger partial charge in [0.2, 0.25) is 11.1 Å². The molecule has 0 unspecified atom stereocenters. The summed E-state index contributed by atoms with van der Waals surface area (Å²) in [5, 5.41) is 24.1. The van der Waals surface area contributed by atoms with Crippen LogP contribution >= 0.6 is 11.8 Å². The van der Waals surface area contributed by atoms with Crippen molar-refractivity contribution >= 4 is 23.5 Å². The van der Waals surface area contributed by atoms with Gasteiger partial charge in [0.1, 0.15) is 23.5 Å². The third kappa shape index (κ3) is 4.47. The highest BCUT2D eigenvalue weighted by Crippen LogP contribution is 2.30. The van der Waals surface area contributed by atoms with Crippen LogP contribution in [-0.4, -0.2) is 36.4 Å². The van der Waals surface area contributed by atoms with Crippen molar-refractivity contribution in [3.8, 4) is 17.4 Å². The normalized spacial score (nSPS) is 10.8. The van der Waals surface area contributed by atoms with Gasteiger partial charge in [-0.05, 0) is 66.2 Å². The molecule has 8 nitrogen and oxygen atoms in total. The van der Waals surface area contributed by atoms with Gasteiger partial charge in [0.15, 0.2) is 0 Å². The van der Waals surface area contributed by atoms with Crippen LogP contribution in [0.25, 0.3) is 11.4 Å². The van der Waals surface area contributed by atoms with Gasteiger partial charge in [-0.25, -0.2) is 8.78 Å². The van der Waals surface area contributed by atoms with Crippen LogP contribution in [0.15, 0.2) is 53.7 Å². The molecule has 2 heterocycles. The molecule has 2 aromatic carbocycles. The predicted molar refractivity (Wildman–Crippen MR) is 118 cm³/mol. The summed E-state index contributed by atoms with van der Waals surface area (Å²) in [5.74, 6) is -1.11. The van der Waals surface area contributed by atoms with Crippen LogP contribution in [0.2, 0.25) is 0 Å². The highest BCUT2D eigenvalue weighted by atomic mass is 32.2. The summed E-state index contributed by atoms with van der Waals surface area (Å²) in [7, 11) is 0. The van der Waals surface area contributed by atoms with Crippen molar-refractivity contribution in [3.63, 3.8) is 0 Å². The number of hydrogen-bond donors (Lipinski definition) is 1. The van der Waals surface area contributed by atoms with E-state index in [0.29, 0.717) is 33.4 Å².